The van der Waals surface area contributed by atoms with Crippen LogP contribution in [0.1, 0.15) is 42.8 Å². The minimum absolute atomic E-state index is 0.122. The van der Waals surface area contributed by atoms with Crippen LogP contribution in [0.3, 0.4) is 0 Å². The van der Waals surface area contributed by atoms with Crippen LogP contribution in [0.15, 0.2) is 16.7 Å². The van der Waals surface area contributed by atoms with Gasteiger partial charge in [-0.05, 0) is 25.8 Å². The highest BCUT2D eigenvalue weighted by Crippen LogP contribution is 2.11. The van der Waals surface area contributed by atoms with Crippen LogP contribution in [0.2, 0.25) is 0 Å². The molecular weight excluding hydrogens is 204 g/mol. The number of hydrogen-bond acceptors (Lipinski definition) is 3. The highest BCUT2D eigenvalue weighted by molar-refractivity contribution is 5.95. The van der Waals surface area contributed by atoms with E-state index in [0.29, 0.717) is 17.9 Å². The molecule has 0 atom stereocenters. The van der Waals surface area contributed by atoms with Crippen LogP contribution < -0.4 is 11.1 Å². The third-order valence-corrected chi connectivity index (χ3v) is 3.11. The summed E-state index contributed by atoms with van der Waals surface area (Å²) in [5.74, 6) is 0.510. The van der Waals surface area contributed by atoms with Crippen LogP contribution in [0.5, 0.6) is 0 Å². The molecule has 0 aliphatic carbocycles. The lowest BCUT2D eigenvalue weighted by Gasteiger charge is -2.26. The quantitative estimate of drug-likeness (QED) is 0.801. The first-order valence-corrected chi connectivity index (χ1v) is 5.63. The second-order valence-electron chi connectivity index (χ2n) is 4.14. The third kappa shape index (κ3) is 2.85. The molecule has 1 aromatic rings. The fraction of sp³-hybridized carbons (Fsp3) is 0.583. The van der Waals surface area contributed by atoms with Crippen molar-refractivity contribution in [2.45, 2.75) is 39.2 Å². The lowest BCUT2D eigenvalue weighted by Crippen LogP contribution is -2.49. The van der Waals surface area contributed by atoms with E-state index in [-0.39, 0.29) is 11.4 Å². The summed E-state index contributed by atoms with van der Waals surface area (Å²) in [7, 11) is 0. The monoisotopic (exact) mass is 224 g/mol. The fourth-order valence-corrected chi connectivity index (χ4v) is 1.47. The Balaban J connectivity index is 2.57. The average Bonchev–Trinajstić information content (AvgIpc) is 2.72. The maximum Gasteiger partial charge on any atom is 0.254 e. The molecule has 1 rings (SSSR count). The van der Waals surface area contributed by atoms with Crippen molar-refractivity contribution in [1.82, 2.24) is 5.32 Å². The topological polar surface area (TPSA) is 68.3 Å². The van der Waals surface area contributed by atoms with Crippen molar-refractivity contribution in [2.75, 3.05) is 6.54 Å². The van der Waals surface area contributed by atoms with Crippen LogP contribution in [-0.2, 0) is 0 Å². The van der Waals surface area contributed by atoms with Crippen LogP contribution in [0.25, 0.3) is 0 Å². The molecule has 3 N–H and O–H groups in total. The first kappa shape index (κ1) is 12.8. The largest absolute Gasteiger partial charge is 0.469 e. The zero-order valence-corrected chi connectivity index (χ0v) is 10.2. The van der Waals surface area contributed by atoms with Crippen molar-refractivity contribution in [2.24, 2.45) is 5.73 Å². The Hall–Kier alpha value is -1.29. The van der Waals surface area contributed by atoms with E-state index in [0.717, 1.165) is 12.8 Å². The second-order valence-corrected chi connectivity index (χ2v) is 4.14. The van der Waals surface area contributed by atoms with E-state index in [4.69, 9.17) is 10.2 Å². The van der Waals surface area contributed by atoms with Gasteiger partial charge in [0.2, 0.25) is 0 Å². The second kappa shape index (κ2) is 5.16. The summed E-state index contributed by atoms with van der Waals surface area (Å²) in [5.41, 5.74) is 6.36. The van der Waals surface area contributed by atoms with E-state index in [2.05, 4.69) is 5.32 Å². The molecule has 1 amide bonds. The van der Waals surface area contributed by atoms with Gasteiger partial charge in [-0.2, -0.15) is 0 Å². The van der Waals surface area contributed by atoms with Gasteiger partial charge in [0.05, 0.1) is 11.8 Å². The predicted octanol–water partition coefficient (Wildman–Crippen LogP) is 1.84. The van der Waals surface area contributed by atoms with Gasteiger partial charge in [-0.25, -0.2) is 0 Å². The molecule has 0 unspecified atom stereocenters. The van der Waals surface area contributed by atoms with Gasteiger partial charge in [0, 0.05) is 12.1 Å². The van der Waals surface area contributed by atoms with Crippen LogP contribution >= 0.6 is 0 Å². The molecule has 1 aromatic heterocycles. The summed E-state index contributed by atoms with van der Waals surface area (Å²) < 4.78 is 5.08. The van der Waals surface area contributed by atoms with Crippen LogP contribution in [-0.4, -0.2) is 18.0 Å². The van der Waals surface area contributed by atoms with E-state index in [1.54, 1.807) is 13.0 Å². The minimum Gasteiger partial charge on any atom is -0.469 e. The number of nitrogens with one attached hydrogen (secondary N) is 1. The van der Waals surface area contributed by atoms with Gasteiger partial charge >= 0.3 is 0 Å². The van der Waals surface area contributed by atoms with Crippen molar-refractivity contribution < 1.29 is 9.21 Å². The zero-order valence-electron chi connectivity index (χ0n) is 10.2. The highest BCUT2D eigenvalue weighted by Gasteiger charge is 2.21. The summed E-state index contributed by atoms with van der Waals surface area (Å²) in [4.78, 5) is 11.8. The van der Waals surface area contributed by atoms with Crippen molar-refractivity contribution in [3.8, 4) is 0 Å². The van der Waals surface area contributed by atoms with Crippen molar-refractivity contribution >= 4 is 5.91 Å². The molecular formula is C12H20N2O2. The summed E-state index contributed by atoms with van der Waals surface area (Å²) in [6.07, 6.45) is 3.20. The van der Waals surface area contributed by atoms with Gasteiger partial charge in [0.1, 0.15) is 5.76 Å². The maximum atomic E-state index is 11.8. The molecule has 90 valence electrons. The van der Waals surface area contributed by atoms with Gasteiger partial charge < -0.3 is 15.5 Å². The Kier molecular flexibility index (Phi) is 4.12. The first-order chi connectivity index (χ1) is 7.52. The standard InChI is InChI=1S/C12H20N2O2/c1-4-12(13,5-2)8-14-11(15)10-6-7-16-9(10)3/h6-7H,4-5,8,13H2,1-3H3,(H,14,15). The van der Waals surface area contributed by atoms with E-state index < -0.39 is 0 Å². The van der Waals surface area contributed by atoms with Crippen molar-refractivity contribution in [3.63, 3.8) is 0 Å². The lowest BCUT2D eigenvalue weighted by atomic mass is 9.94. The van der Waals surface area contributed by atoms with E-state index in [1.165, 1.54) is 6.26 Å². The molecule has 4 heteroatoms. The minimum atomic E-state index is -0.312. The number of carbonyl (C=O) groups is 1. The Morgan fingerprint density at radius 1 is 1.50 bits per heavy atom. The molecule has 0 aromatic carbocycles. The van der Waals surface area contributed by atoms with Crippen molar-refractivity contribution in [1.29, 1.82) is 0 Å². The molecule has 0 bridgehead atoms. The van der Waals surface area contributed by atoms with E-state index >= 15 is 0 Å². The van der Waals surface area contributed by atoms with Gasteiger partial charge in [-0.15, -0.1) is 0 Å². The zero-order chi connectivity index (χ0) is 12.2. The molecule has 0 fully saturated rings. The summed E-state index contributed by atoms with van der Waals surface area (Å²) in [5, 5.41) is 2.84. The van der Waals surface area contributed by atoms with E-state index in [9.17, 15) is 4.79 Å². The normalized spacial score (nSPS) is 11.5. The molecule has 0 aliphatic heterocycles. The number of amides is 1. The molecule has 0 aliphatic rings. The Bertz CT molecular complexity index is 354. The Morgan fingerprint density at radius 2 is 2.12 bits per heavy atom. The highest BCUT2D eigenvalue weighted by atomic mass is 16.3. The van der Waals surface area contributed by atoms with Crippen LogP contribution in [0.4, 0.5) is 0 Å². The number of rotatable bonds is 5. The first-order valence-electron chi connectivity index (χ1n) is 5.63. The number of furan rings is 1. The van der Waals surface area contributed by atoms with Gasteiger partial charge in [0.15, 0.2) is 0 Å². The number of carbonyl (C=O) groups excluding carboxylic acids is 1. The summed E-state index contributed by atoms with van der Waals surface area (Å²) in [6.45, 7) is 6.31. The Morgan fingerprint density at radius 3 is 2.56 bits per heavy atom. The van der Waals surface area contributed by atoms with E-state index in [1.807, 2.05) is 13.8 Å². The number of hydrogen-bond donors (Lipinski definition) is 2. The van der Waals surface area contributed by atoms with Crippen molar-refractivity contribution in [3.05, 3.63) is 23.7 Å². The van der Waals surface area contributed by atoms with Gasteiger partial charge in [0.25, 0.3) is 5.91 Å². The number of aryl methyl sites for hydroxylation is 1. The summed E-state index contributed by atoms with van der Waals surface area (Å²) in [6, 6.07) is 1.67. The molecule has 16 heavy (non-hydrogen) atoms. The molecule has 0 saturated heterocycles. The lowest BCUT2D eigenvalue weighted by molar-refractivity contribution is 0.0940. The third-order valence-electron chi connectivity index (χ3n) is 3.11. The summed E-state index contributed by atoms with van der Waals surface area (Å²) >= 11 is 0. The smallest absolute Gasteiger partial charge is 0.254 e. The van der Waals surface area contributed by atoms with Gasteiger partial charge in [-0.1, -0.05) is 13.8 Å². The molecule has 0 saturated carbocycles. The fourth-order valence-electron chi connectivity index (χ4n) is 1.47. The average molecular weight is 224 g/mol. The van der Waals surface area contributed by atoms with Crippen LogP contribution in [0, 0.1) is 6.92 Å². The predicted molar refractivity (Wildman–Crippen MR) is 63.3 cm³/mol. The maximum absolute atomic E-state index is 11.8. The molecule has 0 spiro atoms. The van der Waals surface area contributed by atoms with Gasteiger partial charge in [-0.3, -0.25) is 4.79 Å². The Labute approximate surface area is 96.2 Å². The molecule has 0 radical (unpaired) electrons. The number of nitrogens with two attached hydrogens (primary N) is 1. The SMILES string of the molecule is CCC(N)(CC)CNC(=O)c1ccoc1C. The molecule has 1 heterocycles. The molecule has 4 nitrogen and oxygen atoms in total.